The van der Waals surface area contributed by atoms with E-state index in [0.29, 0.717) is 6.42 Å². The van der Waals surface area contributed by atoms with E-state index in [-0.39, 0.29) is 26.2 Å². The molecule has 6 heteroatoms. The Hall–Kier alpha value is 0.233. The Balaban J connectivity index is -0.000000107. The third-order valence-electron chi connectivity index (χ3n) is 2.49. The SMILES string of the molecule is CCCCCCCCCCCC(=O)O.CO.CO.CO.[Zr]. The Morgan fingerprint density at radius 2 is 0.952 bits per heavy atom. The van der Waals surface area contributed by atoms with Gasteiger partial charge in [-0.2, -0.15) is 0 Å². The first-order valence-corrected chi connectivity index (χ1v) is 7.33. The van der Waals surface area contributed by atoms with Gasteiger partial charge >= 0.3 is 5.97 Å². The van der Waals surface area contributed by atoms with Gasteiger partial charge in [0.2, 0.25) is 0 Å². The fraction of sp³-hybridized carbons (Fsp3) is 0.933. The largest absolute Gasteiger partial charge is 0.481 e. The molecule has 0 rings (SSSR count). The quantitative estimate of drug-likeness (QED) is 0.432. The molecule has 0 aromatic heterocycles. The van der Waals surface area contributed by atoms with Gasteiger partial charge in [-0.1, -0.05) is 58.3 Å². The summed E-state index contributed by atoms with van der Waals surface area (Å²) >= 11 is 0. The minimum Gasteiger partial charge on any atom is -0.481 e. The van der Waals surface area contributed by atoms with E-state index in [2.05, 4.69) is 6.92 Å². The average molecular weight is 388 g/mol. The molecule has 0 aliphatic carbocycles. The van der Waals surface area contributed by atoms with Crippen molar-refractivity contribution in [2.75, 3.05) is 21.3 Å². The van der Waals surface area contributed by atoms with Crippen molar-refractivity contribution in [1.29, 1.82) is 0 Å². The zero-order chi connectivity index (χ0) is 16.6. The summed E-state index contributed by atoms with van der Waals surface area (Å²) in [6.45, 7) is 2.23. The van der Waals surface area contributed by atoms with E-state index in [1.54, 1.807) is 0 Å². The second-order valence-corrected chi connectivity index (χ2v) is 3.97. The van der Waals surface area contributed by atoms with Crippen LogP contribution in [0.15, 0.2) is 0 Å². The van der Waals surface area contributed by atoms with E-state index < -0.39 is 5.97 Å². The molecule has 4 N–H and O–H groups in total. The van der Waals surface area contributed by atoms with E-state index in [1.165, 1.54) is 44.9 Å². The second-order valence-electron chi connectivity index (χ2n) is 3.97. The fourth-order valence-corrected chi connectivity index (χ4v) is 1.59. The molecule has 21 heavy (non-hydrogen) atoms. The van der Waals surface area contributed by atoms with Crippen molar-refractivity contribution in [1.82, 2.24) is 0 Å². The average Bonchev–Trinajstić information content (AvgIpc) is 2.51. The first-order valence-electron chi connectivity index (χ1n) is 7.33. The molecule has 130 valence electrons. The molecule has 0 spiro atoms. The minimum absolute atomic E-state index is 0. The van der Waals surface area contributed by atoms with Crippen LogP contribution in [0.2, 0.25) is 0 Å². The molecular weight excluding hydrogens is 351 g/mol. The summed E-state index contributed by atoms with van der Waals surface area (Å²) in [6.07, 6.45) is 11.5. The summed E-state index contributed by atoms with van der Waals surface area (Å²) in [6, 6.07) is 0. The predicted octanol–water partition coefficient (Wildman–Crippen LogP) is 2.81. The van der Waals surface area contributed by atoms with Crippen LogP contribution >= 0.6 is 0 Å². The number of hydrogen-bond acceptors (Lipinski definition) is 4. The summed E-state index contributed by atoms with van der Waals surface area (Å²) in [5.74, 6) is -0.659. The third kappa shape index (κ3) is 53.3. The molecule has 0 aromatic carbocycles. The zero-order valence-corrected chi connectivity index (χ0v) is 16.7. The summed E-state index contributed by atoms with van der Waals surface area (Å²) in [7, 11) is 3.00. The van der Waals surface area contributed by atoms with E-state index >= 15 is 0 Å². The van der Waals surface area contributed by atoms with Crippen molar-refractivity contribution in [3.8, 4) is 0 Å². The molecule has 0 heterocycles. The zero-order valence-electron chi connectivity index (χ0n) is 14.3. The normalized spacial score (nSPS) is 7.76. The minimum atomic E-state index is -0.659. The van der Waals surface area contributed by atoms with Crippen LogP contribution in [0.4, 0.5) is 0 Å². The summed E-state index contributed by atoms with van der Waals surface area (Å²) in [5.41, 5.74) is 0. The molecule has 0 aromatic rings. The Labute approximate surface area is 149 Å². The predicted molar refractivity (Wildman–Crippen MR) is 83.9 cm³/mol. The van der Waals surface area contributed by atoms with Gasteiger partial charge in [0.25, 0.3) is 0 Å². The van der Waals surface area contributed by atoms with Crippen molar-refractivity contribution in [3.05, 3.63) is 0 Å². The van der Waals surface area contributed by atoms with Crippen LogP contribution < -0.4 is 0 Å². The molecule has 0 saturated heterocycles. The van der Waals surface area contributed by atoms with Gasteiger partial charge in [0.05, 0.1) is 0 Å². The Bertz CT molecular complexity index is 146. The Morgan fingerprint density at radius 1 is 0.667 bits per heavy atom. The van der Waals surface area contributed by atoms with Crippen molar-refractivity contribution in [2.45, 2.75) is 71.1 Å². The topological polar surface area (TPSA) is 98.0 Å². The van der Waals surface area contributed by atoms with Gasteiger partial charge in [-0.05, 0) is 6.42 Å². The molecule has 0 saturated carbocycles. The Kier molecular flexibility index (Phi) is 67.1. The van der Waals surface area contributed by atoms with E-state index in [0.717, 1.165) is 34.2 Å². The number of aliphatic hydroxyl groups excluding tert-OH is 3. The number of hydrogen-bond donors (Lipinski definition) is 4. The van der Waals surface area contributed by atoms with Crippen LogP contribution in [-0.4, -0.2) is 47.7 Å². The van der Waals surface area contributed by atoms with Crippen molar-refractivity contribution < 1.29 is 51.4 Å². The van der Waals surface area contributed by atoms with E-state index in [1.807, 2.05) is 0 Å². The molecular formula is C15H36O5Zr. The molecule has 0 aliphatic heterocycles. The van der Waals surface area contributed by atoms with Crippen LogP contribution in [0.5, 0.6) is 0 Å². The second kappa shape index (κ2) is 42.7. The Morgan fingerprint density at radius 3 is 1.24 bits per heavy atom. The maximum Gasteiger partial charge on any atom is 0.303 e. The number of carboxylic acid groups (broad SMARTS) is 1. The fourth-order valence-electron chi connectivity index (χ4n) is 1.59. The molecule has 5 nitrogen and oxygen atoms in total. The summed E-state index contributed by atoms with van der Waals surface area (Å²) in [4.78, 5) is 10.2. The van der Waals surface area contributed by atoms with Gasteiger partial charge < -0.3 is 20.4 Å². The van der Waals surface area contributed by atoms with Gasteiger partial charge in [-0.25, -0.2) is 0 Å². The van der Waals surface area contributed by atoms with Crippen LogP contribution in [0.25, 0.3) is 0 Å². The van der Waals surface area contributed by atoms with Crippen LogP contribution in [0.3, 0.4) is 0 Å². The monoisotopic (exact) mass is 386 g/mol. The van der Waals surface area contributed by atoms with E-state index in [4.69, 9.17) is 20.4 Å². The van der Waals surface area contributed by atoms with Gasteiger partial charge in [-0.3, -0.25) is 4.79 Å². The maximum absolute atomic E-state index is 10.2. The standard InChI is InChI=1S/C12H24O2.3CH4O.Zr/c1-2-3-4-5-6-7-8-9-10-11-12(13)14;3*1-2;/h2-11H2,1H3,(H,13,14);3*2H,1H3;. The molecule has 0 bridgehead atoms. The maximum atomic E-state index is 10.2. The molecule has 0 atom stereocenters. The van der Waals surface area contributed by atoms with Crippen molar-refractivity contribution >= 4 is 5.97 Å². The van der Waals surface area contributed by atoms with E-state index in [9.17, 15) is 4.79 Å². The molecule has 0 aliphatic rings. The smallest absolute Gasteiger partial charge is 0.303 e. The van der Waals surface area contributed by atoms with Crippen LogP contribution in [-0.2, 0) is 31.0 Å². The summed E-state index contributed by atoms with van der Waals surface area (Å²) in [5, 5.41) is 29.4. The molecule has 0 radical (unpaired) electrons. The van der Waals surface area contributed by atoms with Gasteiger partial charge in [0, 0.05) is 54.0 Å². The summed E-state index contributed by atoms with van der Waals surface area (Å²) < 4.78 is 0. The number of carbonyl (C=O) groups is 1. The van der Waals surface area contributed by atoms with Crippen molar-refractivity contribution in [3.63, 3.8) is 0 Å². The molecule has 0 amide bonds. The number of aliphatic carboxylic acids is 1. The van der Waals surface area contributed by atoms with Gasteiger partial charge in [-0.15, -0.1) is 0 Å². The molecule has 0 fully saturated rings. The van der Waals surface area contributed by atoms with Gasteiger partial charge in [0.15, 0.2) is 0 Å². The van der Waals surface area contributed by atoms with Crippen molar-refractivity contribution in [2.24, 2.45) is 0 Å². The molecule has 0 unspecified atom stereocenters. The van der Waals surface area contributed by atoms with Crippen LogP contribution in [0, 0.1) is 0 Å². The number of carboxylic acids is 1. The first-order chi connectivity index (χ1) is 9.77. The third-order valence-corrected chi connectivity index (χ3v) is 2.49. The number of unbranched alkanes of at least 4 members (excludes halogenated alkanes) is 8. The number of rotatable bonds is 10. The van der Waals surface area contributed by atoms with Crippen LogP contribution in [0.1, 0.15) is 71.1 Å². The first kappa shape index (κ1) is 33.0. The van der Waals surface area contributed by atoms with Gasteiger partial charge in [0.1, 0.15) is 0 Å². The number of aliphatic hydroxyl groups is 3.